The molecule has 1 rings (SSSR count). The normalized spacial score (nSPS) is 13.4. The maximum Gasteiger partial charge on any atom is 0.432 e. The van der Waals surface area contributed by atoms with E-state index in [-0.39, 0.29) is 11.2 Å². The zero-order chi connectivity index (χ0) is 10.1. The van der Waals surface area contributed by atoms with Gasteiger partial charge < -0.3 is 4.57 Å². The molecule has 0 aliphatic carbocycles. The zero-order valence-electron chi connectivity index (χ0n) is 6.50. The van der Waals surface area contributed by atoms with Crippen molar-refractivity contribution in [1.82, 2.24) is 4.57 Å². The lowest BCUT2D eigenvalue weighted by Gasteiger charge is -2.05. The summed E-state index contributed by atoms with van der Waals surface area (Å²) in [6.45, 7) is 0. The Labute approximate surface area is 75.1 Å². The van der Waals surface area contributed by atoms with Crippen molar-refractivity contribution in [2.75, 3.05) is 0 Å². The molecule has 0 bridgehead atoms. The number of aromatic nitrogens is 1. The Hall–Kier alpha value is -1.11. The Balaban J connectivity index is 3.30. The molecule has 0 radical (unpaired) electrons. The molecule has 1 heterocycles. The van der Waals surface area contributed by atoms with Gasteiger partial charge in [-0.05, 0) is 0 Å². The summed E-state index contributed by atoms with van der Waals surface area (Å²) in [5.74, 6) is 0. The van der Waals surface area contributed by atoms with Crippen molar-refractivity contribution < 1.29 is 18.0 Å². The maximum absolute atomic E-state index is 12.2. The molecule has 0 aliphatic rings. The van der Waals surface area contributed by atoms with Crippen LogP contribution < -0.4 is 4.80 Å². The van der Waals surface area contributed by atoms with Gasteiger partial charge in [-0.3, -0.25) is 4.79 Å². The minimum atomic E-state index is -4.40. The third-order valence-electron chi connectivity index (χ3n) is 1.38. The lowest BCUT2D eigenvalue weighted by molar-refractivity contribution is -0.143. The summed E-state index contributed by atoms with van der Waals surface area (Å²) >= 11 is 0.773. The standard InChI is InChI=1S/C6H5F3N2OS/c1-11-4(6(7,8)9)2-13-5(11)10-3-12/h2-3H,1H3. The second-order valence-electron chi connectivity index (χ2n) is 2.19. The highest BCUT2D eigenvalue weighted by atomic mass is 32.1. The van der Waals surface area contributed by atoms with Gasteiger partial charge in [0.25, 0.3) is 0 Å². The van der Waals surface area contributed by atoms with Gasteiger partial charge in [-0.1, -0.05) is 0 Å². The van der Waals surface area contributed by atoms with Crippen molar-refractivity contribution in [1.29, 1.82) is 0 Å². The van der Waals surface area contributed by atoms with Crippen LogP contribution in [-0.2, 0) is 18.0 Å². The number of rotatable bonds is 1. The summed E-state index contributed by atoms with van der Waals surface area (Å²) in [7, 11) is 1.21. The summed E-state index contributed by atoms with van der Waals surface area (Å²) in [6.07, 6.45) is -4.19. The van der Waals surface area contributed by atoms with Crippen LogP contribution in [0.5, 0.6) is 0 Å². The minimum Gasteiger partial charge on any atom is -0.316 e. The second-order valence-corrected chi connectivity index (χ2v) is 3.03. The van der Waals surface area contributed by atoms with Crippen LogP contribution >= 0.6 is 11.3 Å². The Morgan fingerprint density at radius 1 is 1.62 bits per heavy atom. The molecule has 0 fully saturated rings. The first-order valence-corrected chi connectivity index (χ1v) is 4.04. The highest BCUT2D eigenvalue weighted by Crippen LogP contribution is 2.28. The van der Waals surface area contributed by atoms with Crippen LogP contribution in [-0.4, -0.2) is 11.0 Å². The molecule has 0 atom stereocenters. The van der Waals surface area contributed by atoms with E-state index in [1.54, 1.807) is 0 Å². The molecule has 7 heteroatoms. The average molecular weight is 210 g/mol. The van der Waals surface area contributed by atoms with Crippen molar-refractivity contribution in [3.8, 4) is 0 Å². The predicted molar refractivity (Wildman–Crippen MR) is 39.9 cm³/mol. The molecular weight excluding hydrogens is 205 g/mol. The molecule has 13 heavy (non-hydrogen) atoms. The number of amides is 1. The van der Waals surface area contributed by atoms with Crippen LogP contribution in [0.1, 0.15) is 5.69 Å². The number of carbonyl (C=O) groups excluding carboxylic acids is 1. The van der Waals surface area contributed by atoms with Crippen molar-refractivity contribution >= 4 is 17.7 Å². The summed E-state index contributed by atoms with van der Waals surface area (Å²) in [5, 5.41) is 0.919. The minimum absolute atomic E-state index is 0.0299. The van der Waals surface area contributed by atoms with E-state index in [2.05, 4.69) is 4.99 Å². The molecular formula is C6H5F3N2OS. The molecule has 1 aromatic rings. The number of halogens is 3. The number of carbonyl (C=O) groups is 1. The first kappa shape index (κ1) is 9.97. The van der Waals surface area contributed by atoms with Gasteiger partial charge in [-0.2, -0.15) is 18.2 Å². The molecule has 0 N–H and O–H groups in total. The van der Waals surface area contributed by atoms with E-state index >= 15 is 0 Å². The molecule has 1 aromatic heterocycles. The van der Waals surface area contributed by atoms with Gasteiger partial charge in [-0.15, -0.1) is 11.3 Å². The molecule has 0 saturated heterocycles. The van der Waals surface area contributed by atoms with Gasteiger partial charge >= 0.3 is 6.18 Å². The predicted octanol–water partition coefficient (Wildman–Crippen LogP) is 1.16. The SMILES string of the molecule is Cn1c(C(F)(F)F)csc1=NC=O. The monoisotopic (exact) mass is 210 g/mol. The summed E-state index contributed by atoms with van der Waals surface area (Å²) < 4.78 is 37.3. The highest BCUT2D eigenvalue weighted by Gasteiger charge is 2.34. The Morgan fingerprint density at radius 2 is 2.23 bits per heavy atom. The van der Waals surface area contributed by atoms with Crippen molar-refractivity contribution in [3.05, 3.63) is 15.9 Å². The average Bonchev–Trinajstić information content (AvgIpc) is 2.32. The third kappa shape index (κ3) is 1.97. The number of nitrogens with zero attached hydrogens (tertiary/aromatic N) is 2. The Kier molecular flexibility index (Phi) is 2.55. The zero-order valence-corrected chi connectivity index (χ0v) is 7.32. The Bertz CT molecular complexity index is 376. The number of hydrogen-bond acceptors (Lipinski definition) is 2. The van der Waals surface area contributed by atoms with Gasteiger partial charge in [0.05, 0.1) is 0 Å². The van der Waals surface area contributed by atoms with Crippen LogP contribution in [0.4, 0.5) is 13.2 Å². The summed E-state index contributed by atoms with van der Waals surface area (Å²) in [6, 6.07) is 0. The van der Waals surface area contributed by atoms with Crippen LogP contribution in [0, 0.1) is 0 Å². The molecule has 1 amide bonds. The van der Waals surface area contributed by atoms with Crippen molar-refractivity contribution in [3.63, 3.8) is 0 Å². The molecule has 3 nitrogen and oxygen atoms in total. The van der Waals surface area contributed by atoms with E-state index < -0.39 is 11.9 Å². The van der Waals surface area contributed by atoms with E-state index in [4.69, 9.17) is 0 Å². The second kappa shape index (κ2) is 3.33. The smallest absolute Gasteiger partial charge is 0.316 e. The molecule has 0 aromatic carbocycles. The maximum atomic E-state index is 12.2. The number of thiazole rings is 1. The highest BCUT2D eigenvalue weighted by molar-refractivity contribution is 7.07. The first-order chi connectivity index (χ1) is 5.96. The Morgan fingerprint density at radius 3 is 2.62 bits per heavy atom. The van der Waals surface area contributed by atoms with E-state index in [9.17, 15) is 18.0 Å². The summed E-state index contributed by atoms with van der Waals surface area (Å²) in [5.41, 5.74) is -0.807. The third-order valence-corrected chi connectivity index (χ3v) is 2.31. The fourth-order valence-corrected chi connectivity index (χ4v) is 1.66. The van der Waals surface area contributed by atoms with Gasteiger partial charge in [0, 0.05) is 12.4 Å². The molecule has 72 valence electrons. The van der Waals surface area contributed by atoms with Gasteiger partial charge in [0.15, 0.2) is 4.80 Å². The molecule has 0 unspecified atom stereocenters. The molecule has 0 saturated carbocycles. The van der Waals surface area contributed by atoms with Gasteiger partial charge in [0.2, 0.25) is 6.41 Å². The van der Waals surface area contributed by atoms with E-state index in [1.165, 1.54) is 7.05 Å². The van der Waals surface area contributed by atoms with Crippen molar-refractivity contribution in [2.24, 2.45) is 12.0 Å². The van der Waals surface area contributed by atoms with E-state index in [0.29, 0.717) is 0 Å². The lowest BCUT2D eigenvalue weighted by atomic mass is 10.5. The number of alkyl halides is 3. The molecule has 0 aliphatic heterocycles. The first-order valence-electron chi connectivity index (χ1n) is 3.16. The van der Waals surface area contributed by atoms with Crippen LogP contribution in [0.3, 0.4) is 0 Å². The van der Waals surface area contributed by atoms with Crippen molar-refractivity contribution in [2.45, 2.75) is 6.18 Å². The van der Waals surface area contributed by atoms with Crippen LogP contribution in [0.2, 0.25) is 0 Å². The molecule has 0 spiro atoms. The quantitative estimate of drug-likeness (QED) is 0.640. The lowest BCUT2D eigenvalue weighted by Crippen LogP contribution is -2.19. The van der Waals surface area contributed by atoms with E-state index in [0.717, 1.165) is 21.3 Å². The van der Waals surface area contributed by atoms with Crippen LogP contribution in [0.15, 0.2) is 10.4 Å². The van der Waals surface area contributed by atoms with Crippen LogP contribution in [0.25, 0.3) is 0 Å². The fourth-order valence-electron chi connectivity index (χ4n) is 0.789. The fraction of sp³-hybridized carbons (Fsp3) is 0.333. The summed E-state index contributed by atoms with van der Waals surface area (Å²) in [4.78, 5) is 13.2. The van der Waals surface area contributed by atoms with E-state index in [1.807, 2.05) is 0 Å². The largest absolute Gasteiger partial charge is 0.432 e. The number of hydrogen-bond donors (Lipinski definition) is 0. The van der Waals surface area contributed by atoms with Gasteiger partial charge in [0.1, 0.15) is 5.69 Å². The topological polar surface area (TPSA) is 34.4 Å². The van der Waals surface area contributed by atoms with Gasteiger partial charge in [-0.25, -0.2) is 0 Å².